The number of aromatic nitrogens is 4. The number of aryl methyl sites for hydroxylation is 1. The first-order valence-corrected chi connectivity index (χ1v) is 9.14. The molecule has 0 amide bonds. The Morgan fingerprint density at radius 3 is 2.82 bits per heavy atom. The van der Waals surface area contributed by atoms with E-state index in [-0.39, 0.29) is 17.3 Å². The van der Waals surface area contributed by atoms with E-state index in [1.165, 1.54) is 12.3 Å². The Bertz CT molecular complexity index is 1290. The summed E-state index contributed by atoms with van der Waals surface area (Å²) in [6, 6.07) is 2.95. The lowest BCUT2D eigenvalue weighted by Crippen LogP contribution is -2.25. The molecule has 4 aromatic rings. The van der Waals surface area contributed by atoms with Crippen LogP contribution in [0.3, 0.4) is 0 Å². The van der Waals surface area contributed by atoms with Gasteiger partial charge in [-0.1, -0.05) is 6.07 Å². The first-order chi connectivity index (χ1) is 13.5. The zero-order valence-electron chi connectivity index (χ0n) is 15.2. The van der Waals surface area contributed by atoms with Crippen LogP contribution >= 0.6 is 0 Å². The number of halogens is 1. The van der Waals surface area contributed by atoms with Crippen molar-refractivity contribution in [2.45, 2.75) is 32.3 Å². The van der Waals surface area contributed by atoms with Crippen LogP contribution in [0.15, 0.2) is 29.3 Å². The average Bonchev–Trinajstić information content (AvgIpc) is 3.13. The van der Waals surface area contributed by atoms with Gasteiger partial charge >= 0.3 is 0 Å². The standard InChI is InChI=1S/C20H18FN5O2/c1-9-18-16(14(8-23-9)28-10-3-2-4-10)15(17(22)20(27)25-18)11-5-6-13(21)19-12(11)7-24-26-19/h5-8,10H,2-4,22H2,1H3,(H,24,26)(H,25,27). The molecule has 28 heavy (non-hydrogen) atoms. The molecule has 3 heterocycles. The number of hydrogen-bond acceptors (Lipinski definition) is 5. The van der Waals surface area contributed by atoms with Crippen LogP contribution in [-0.2, 0) is 0 Å². The molecule has 1 aliphatic carbocycles. The van der Waals surface area contributed by atoms with Crippen molar-refractivity contribution in [3.63, 3.8) is 0 Å². The second kappa shape index (κ2) is 6.05. The summed E-state index contributed by atoms with van der Waals surface area (Å²) in [7, 11) is 0. The third-order valence-corrected chi connectivity index (χ3v) is 5.42. The summed E-state index contributed by atoms with van der Waals surface area (Å²) < 4.78 is 20.3. The number of fused-ring (bicyclic) bond motifs is 2. The number of aromatic amines is 2. The van der Waals surface area contributed by atoms with Crippen LogP contribution in [0, 0.1) is 12.7 Å². The van der Waals surface area contributed by atoms with Gasteiger partial charge in [0.15, 0.2) is 0 Å². The number of nitrogens with two attached hydrogens (primary N) is 1. The number of hydrogen-bond donors (Lipinski definition) is 3. The smallest absolute Gasteiger partial charge is 0.272 e. The highest BCUT2D eigenvalue weighted by Gasteiger charge is 2.24. The minimum absolute atomic E-state index is 0.0469. The lowest BCUT2D eigenvalue weighted by atomic mass is 9.94. The topological polar surface area (TPSA) is 110 Å². The van der Waals surface area contributed by atoms with Crippen LogP contribution in [0.5, 0.6) is 5.75 Å². The van der Waals surface area contributed by atoms with Crippen molar-refractivity contribution in [1.82, 2.24) is 20.2 Å². The van der Waals surface area contributed by atoms with E-state index < -0.39 is 11.4 Å². The van der Waals surface area contributed by atoms with Crippen molar-refractivity contribution in [1.29, 1.82) is 0 Å². The average molecular weight is 379 g/mol. The van der Waals surface area contributed by atoms with Gasteiger partial charge in [0.25, 0.3) is 5.56 Å². The highest BCUT2D eigenvalue weighted by molar-refractivity contribution is 6.10. The Morgan fingerprint density at radius 1 is 1.25 bits per heavy atom. The summed E-state index contributed by atoms with van der Waals surface area (Å²) in [5, 5.41) is 7.83. The van der Waals surface area contributed by atoms with Gasteiger partial charge < -0.3 is 15.5 Å². The minimum Gasteiger partial charge on any atom is -0.488 e. The summed E-state index contributed by atoms with van der Waals surface area (Å²) in [4.78, 5) is 19.8. The van der Waals surface area contributed by atoms with Crippen molar-refractivity contribution >= 4 is 27.5 Å². The Kier molecular flexibility index (Phi) is 3.61. The van der Waals surface area contributed by atoms with Crippen LogP contribution in [-0.4, -0.2) is 26.3 Å². The van der Waals surface area contributed by atoms with E-state index in [2.05, 4.69) is 20.2 Å². The number of nitrogens with zero attached hydrogens (tertiary/aromatic N) is 2. The molecule has 142 valence electrons. The van der Waals surface area contributed by atoms with E-state index >= 15 is 0 Å². The molecule has 0 aliphatic heterocycles. The summed E-state index contributed by atoms with van der Waals surface area (Å²) in [6.07, 6.45) is 6.39. The molecule has 8 heteroatoms. The van der Waals surface area contributed by atoms with Crippen molar-refractivity contribution in [2.75, 3.05) is 5.73 Å². The Labute approximate surface area is 158 Å². The molecule has 1 aromatic carbocycles. The number of ether oxygens (including phenoxy) is 1. The van der Waals surface area contributed by atoms with Crippen LogP contribution in [0.25, 0.3) is 32.9 Å². The number of benzene rings is 1. The molecular weight excluding hydrogens is 361 g/mol. The fourth-order valence-electron chi connectivity index (χ4n) is 3.68. The lowest BCUT2D eigenvalue weighted by Gasteiger charge is -2.27. The van der Waals surface area contributed by atoms with Crippen molar-refractivity contribution in [3.05, 3.63) is 46.4 Å². The highest BCUT2D eigenvalue weighted by atomic mass is 19.1. The molecule has 0 spiro atoms. The van der Waals surface area contributed by atoms with Gasteiger partial charge in [0, 0.05) is 10.9 Å². The van der Waals surface area contributed by atoms with Gasteiger partial charge in [0.05, 0.1) is 35.1 Å². The lowest BCUT2D eigenvalue weighted by molar-refractivity contribution is 0.122. The molecule has 3 aromatic heterocycles. The molecule has 7 nitrogen and oxygen atoms in total. The van der Waals surface area contributed by atoms with Gasteiger partial charge in [-0.25, -0.2) is 4.39 Å². The third-order valence-electron chi connectivity index (χ3n) is 5.42. The number of anilines is 1. The molecule has 0 atom stereocenters. The van der Waals surface area contributed by atoms with E-state index in [1.54, 1.807) is 12.3 Å². The number of nitrogen functional groups attached to an aromatic ring is 1. The highest BCUT2D eigenvalue weighted by Crippen LogP contribution is 2.41. The molecule has 0 radical (unpaired) electrons. The third kappa shape index (κ3) is 2.37. The first kappa shape index (κ1) is 16.7. The van der Waals surface area contributed by atoms with E-state index in [0.717, 1.165) is 19.3 Å². The van der Waals surface area contributed by atoms with E-state index in [4.69, 9.17) is 10.5 Å². The van der Waals surface area contributed by atoms with Gasteiger partial charge in [-0.2, -0.15) is 5.10 Å². The van der Waals surface area contributed by atoms with Crippen LogP contribution in [0.2, 0.25) is 0 Å². The second-order valence-electron chi connectivity index (χ2n) is 7.13. The Morgan fingerprint density at radius 2 is 2.07 bits per heavy atom. The maximum Gasteiger partial charge on any atom is 0.272 e. The van der Waals surface area contributed by atoms with E-state index in [1.807, 2.05) is 6.92 Å². The van der Waals surface area contributed by atoms with Crippen molar-refractivity contribution in [3.8, 4) is 16.9 Å². The zero-order chi connectivity index (χ0) is 19.4. The monoisotopic (exact) mass is 379 g/mol. The van der Waals surface area contributed by atoms with Crippen LogP contribution < -0.4 is 16.0 Å². The molecule has 0 bridgehead atoms. The van der Waals surface area contributed by atoms with E-state index in [0.29, 0.717) is 38.9 Å². The number of pyridine rings is 2. The van der Waals surface area contributed by atoms with Gasteiger partial charge in [0.2, 0.25) is 0 Å². The molecule has 1 aliphatic rings. The van der Waals surface area contributed by atoms with E-state index in [9.17, 15) is 9.18 Å². The van der Waals surface area contributed by atoms with Crippen molar-refractivity contribution < 1.29 is 9.13 Å². The van der Waals surface area contributed by atoms with Gasteiger partial charge in [0.1, 0.15) is 22.8 Å². The predicted molar refractivity (Wildman–Crippen MR) is 105 cm³/mol. The number of H-pyrrole nitrogens is 2. The molecule has 1 saturated carbocycles. The maximum absolute atomic E-state index is 14.2. The fraction of sp³-hybridized carbons (Fsp3) is 0.250. The molecule has 1 fully saturated rings. The van der Waals surface area contributed by atoms with Gasteiger partial charge in [-0.05, 0) is 37.8 Å². The van der Waals surface area contributed by atoms with Gasteiger partial charge in [-0.3, -0.25) is 14.9 Å². The summed E-state index contributed by atoms with van der Waals surface area (Å²) in [5.41, 5.74) is 8.45. The summed E-state index contributed by atoms with van der Waals surface area (Å²) in [6.45, 7) is 1.81. The Hall–Kier alpha value is -3.42. The summed E-state index contributed by atoms with van der Waals surface area (Å²) >= 11 is 0. The quantitative estimate of drug-likeness (QED) is 0.505. The first-order valence-electron chi connectivity index (χ1n) is 9.14. The molecular formula is C20H18FN5O2. The fourth-order valence-corrected chi connectivity index (χ4v) is 3.68. The summed E-state index contributed by atoms with van der Waals surface area (Å²) in [5.74, 6) is 0.136. The molecule has 0 saturated heterocycles. The SMILES string of the molecule is Cc1ncc(OC2CCC2)c2c(-c3ccc(F)c4[nH]ncc34)c(N)c(=O)[nH]c12. The Balaban J connectivity index is 1.90. The zero-order valence-corrected chi connectivity index (χ0v) is 15.2. The number of rotatable bonds is 3. The normalized spacial score (nSPS) is 14.5. The molecule has 4 N–H and O–H groups in total. The molecule has 5 rings (SSSR count). The molecule has 0 unspecified atom stereocenters. The van der Waals surface area contributed by atoms with Crippen LogP contribution in [0.1, 0.15) is 25.0 Å². The minimum atomic E-state index is -0.423. The predicted octanol–water partition coefficient (Wildman–Crippen LogP) is 3.43. The largest absolute Gasteiger partial charge is 0.488 e. The second-order valence-corrected chi connectivity index (χ2v) is 7.13. The van der Waals surface area contributed by atoms with Crippen LogP contribution in [0.4, 0.5) is 10.1 Å². The van der Waals surface area contributed by atoms with Gasteiger partial charge in [-0.15, -0.1) is 0 Å². The number of nitrogens with one attached hydrogen (secondary N) is 2. The maximum atomic E-state index is 14.2. The van der Waals surface area contributed by atoms with Crippen molar-refractivity contribution in [2.24, 2.45) is 0 Å².